The number of nitrogens with one attached hydrogen (secondary N) is 2. The number of carbonyl (C=O) groups is 3. The highest BCUT2D eigenvalue weighted by Crippen LogP contribution is 2.30. The SMILES string of the molecule is NCCC(=O)Oc1ccccc1/N=N/c1ccc(NC(=O)CNC(=O)c2ccccc2)nc1N. The third-order valence-electron chi connectivity index (χ3n) is 4.32. The maximum atomic E-state index is 12.1. The normalized spacial score (nSPS) is 10.6. The Hall–Kier alpha value is -4.64. The quantitative estimate of drug-likeness (QED) is 0.215. The van der Waals surface area contributed by atoms with Gasteiger partial charge in [-0.1, -0.05) is 30.3 Å². The van der Waals surface area contributed by atoms with Crippen molar-refractivity contribution in [2.75, 3.05) is 24.1 Å². The fraction of sp³-hybridized carbons (Fsp3) is 0.130. The van der Waals surface area contributed by atoms with Gasteiger partial charge in [0.25, 0.3) is 5.91 Å². The van der Waals surface area contributed by atoms with Gasteiger partial charge in [0.15, 0.2) is 11.6 Å². The van der Waals surface area contributed by atoms with Crippen LogP contribution in [0.25, 0.3) is 0 Å². The number of esters is 1. The molecule has 0 fully saturated rings. The number of hydrogen-bond acceptors (Lipinski definition) is 9. The van der Waals surface area contributed by atoms with Crippen LogP contribution in [0.3, 0.4) is 0 Å². The van der Waals surface area contributed by atoms with E-state index < -0.39 is 11.9 Å². The number of amides is 2. The van der Waals surface area contributed by atoms with Crippen molar-refractivity contribution in [3.63, 3.8) is 0 Å². The summed E-state index contributed by atoms with van der Waals surface area (Å²) in [4.78, 5) is 39.9. The van der Waals surface area contributed by atoms with Crippen LogP contribution in [-0.2, 0) is 9.59 Å². The van der Waals surface area contributed by atoms with Crippen LogP contribution in [0.2, 0.25) is 0 Å². The summed E-state index contributed by atoms with van der Waals surface area (Å²) in [6.45, 7) is -0.0660. The van der Waals surface area contributed by atoms with Gasteiger partial charge in [-0.15, -0.1) is 10.2 Å². The minimum absolute atomic E-state index is 0.0208. The highest BCUT2D eigenvalue weighted by atomic mass is 16.5. The molecule has 0 bridgehead atoms. The van der Waals surface area contributed by atoms with Crippen LogP contribution in [0.15, 0.2) is 77.0 Å². The third kappa shape index (κ3) is 6.93. The summed E-state index contributed by atoms with van der Waals surface area (Å²) in [6.07, 6.45) is 0.0749. The number of azo groups is 1. The van der Waals surface area contributed by atoms with E-state index in [-0.39, 0.29) is 48.5 Å². The molecule has 11 heteroatoms. The molecule has 0 radical (unpaired) electrons. The summed E-state index contributed by atoms with van der Waals surface area (Å²) in [7, 11) is 0. The predicted octanol–water partition coefficient (Wildman–Crippen LogP) is 2.70. The molecular formula is C23H23N7O4. The minimum atomic E-state index is -0.480. The highest BCUT2D eigenvalue weighted by Gasteiger charge is 2.11. The Bertz CT molecular complexity index is 1200. The van der Waals surface area contributed by atoms with Crippen molar-refractivity contribution >= 4 is 40.8 Å². The zero-order chi connectivity index (χ0) is 24.3. The van der Waals surface area contributed by atoms with E-state index in [1.54, 1.807) is 54.6 Å². The fourth-order valence-electron chi connectivity index (χ4n) is 2.69. The number of aromatic nitrogens is 1. The van der Waals surface area contributed by atoms with E-state index in [4.69, 9.17) is 16.2 Å². The first-order valence-electron chi connectivity index (χ1n) is 10.3. The van der Waals surface area contributed by atoms with Crippen LogP contribution in [-0.4, -0.2) is 35.9 Å². The number of pyridine rings is 1. The average molecular weight is 461 g/mol. The first-order chi connectivity index (χ1) is 16.5. The summed E-state index contributed by atoms with van der Waals surface area (Å²) in [5.41, 5.74) is 12.3. The maximum absolute atomic E-state index is 12.1. The lowest BCUT2D eigenvalue weighted by atomic mass is 10.2. The number of rotatable bonds is 9. The second-order valence-electron chi connectivity index (χ2n) is 6.88. The maximum Gasteiger partial charge on any atom is 0.312 e. The molecule has 0 spiro atoms. The average Bonchev–Trinajstić information content (AvgIpc) is 2.83. The fourth-order valence-corrected chi connectivity index (χ4v) is 2.69. The van der Waals surface area contributed by atoms with Gasteiger partial charge in [0.05, 0.1) is 13.0 Å². The number of nitrogens with zero attached hydrogens (tertiary/aromatic N) is 3. The van der Waals surface area contributed by atoms with Crippen molar-refractivity contribution in [1.82, 2.24) is 10.3 Å². The summed E-state index contributed by atoms with van der Waals surface area (Å²) < 4.78 is 5.24. The second-order valence-corrected chi connectivity index (χ2v) is 6.88. The molecule has 11 nitrogen and oxygen atoms in total. The summed E-state index contributed by atoms with van der Waals surface area (Å²) in [6, 6.07) is 18.2. The number of para-hydroxylation sites is 1. The van der Waals surface area contributed by atoms with E-state index in [1.165, 1.54) is 12.1 Å². The summed E-state index contributed by atoms with van der Waals surface area (Å²) in [5, 5.41) is 13.2. The van der Waals surface area contributed by atoms with Gasteiger partial charge in [0.1, 0.15) is 17.2 Å². The molecule has 1 aromatic heterocycles. The Labute approximate surface area is 195 Å². The first kappa shape index (κ1) is 24.0. The van der Waals surface area contributed by atoms with Crippen LogP contribution >= 0.6 is 0 Å². The molecule has 0 aliphatic carbocycles. The molecule has 3 rings (SSSR count). The van der Waals surface area contributed by atoms with Gasteiger partial charge in [-0.25, -0.2) is 4.98 Å². The van der Waals surface area contributed by atoms with Crippen LogP contribution in [0.4, 0.5) is 23.0 Å². The van der Waals surface area contributed by atoms with Crippen LogP contribution < -0.4 is 26.8 Å². The molecule has 34 heavy (non-hydrogen) atoms. The molecule has 1 heterocycles. The number of nitrogen functional groups attached to an aromatic ring is 1. The van der Waals surface area contributed by atoms with Gasteiger partial charge < -0.3 is 26.8 Å². The Morgan fingerprint density at radius 1 is 0.912 bits per heavy atom. The zero-order valence-corrected chi connectivity index (χ0v) is 18.1. The largest absolute Gasteiger partial charge is 0.424 e. The highest BCUT2D eigenvalue weighted by molar-refractivity contribution is 5.99. The molecule has 2 aromatic carbocycles. The molecular weight excluding hydrogens is 438 g/mol. The Kier molecular flexibility index (Phi) is 8.36. The van der Waals surface area contributed by atoms with Crippen molar-refractivity contribution in [2.45, 2.75) is 6.42 Å². The number of hydrogen-bond donors (Lipinski definition) is 4. The Balaban J connectivity index is 1.60. The van der Waals surface area contributed by atoms with Gasteiger partial charge in [0, 0.05) is 12.1 Å². The van der Waals surface area contributed by atoms with E-state index in [1.807, 2.05) is 0 Å². The molecule has 6 N–H and O–H groups in total. The molecule has 0 aliphatic rings. The van der Waals surface area contributed by atoms with Gasteiger partial charge in [-0.2, -0.15) is 0 Å². The lowest BCUT2D eigenvalue weighted by molar-refractivity contribution is -0.134. The van der Waals surface area contributed by atoms with Crippen molar-refractivity contribution < 1.29 is 19.1 Å². The lowest BCUT2D eigenvalue weighted by Crippen LogP contribution is -2.33. The van der Waals surface area contributed by atoms with Gasteiger partial charge in [-0.3, -0.25) is 14.4 Å². The number of nitrogens with two attached hydrogens (primary N) is 2. The molecule has 0 atom stereocenters. The van der Waals surface area contributed by atoms with Gasteiger partial charge in [0.2, 0.25) is 5.91 Å². The number of carbonyl (C=O) groups excluding carboxylic acids is 3. The Morgan fingerprint density at radius 2 is 1.62 bits per heavy atom. The minimum Gasteiger partial charge on any atom is -0.424 e. The predicted molar refractivity (Wildman–Crippen MR) is 126 cm³/mol. The molecule has 0 saturated heterocycles. The number of anilines is 2. The summed E-state index contributed by atoms with van der Waals surface area (Å²) in [5.74, 6) is -0.880. The molecule has 0 aliphatic heterocycles. The van der Waals surface area contributed by atoms with Gasteiger partial charge in [-0.05, 0) is 36.4 Å². The van der Waals surface area contributed by atoms with Crippen molar-refractivity contribution in [1.29, 1.82) is 0 Å². The van der Waals surface area contributed by atoms with Gasteiger partial charge >= 0.3 is 5.97 Å². The van der Waals surface area contributed by atoms with E-state index in [9.17, 15) is 14.4 Å². The topological polar surface area (TPSA) is 174 Å². The van der Waals surface area contributed by atoms with E-state index in [2.05, 4.69) is 25.8 Å². The van der Waals surface area contributed by atoms with Crippen molar-refractivity contribution in [3.8, 4) is 5.75 Å². The second kappa shape index (κ2) is 11.8. The molecule has 3 aromatic rings. The third-order valence-corrected chi connectivity index (χ3v) is 4.32. The van der Waals surface area contributed by atoms with Crippen molar-refractivity contribution in [3.05, 3.63) is 72.3 Å². The van der Waals surface area contributed by atoms with Crippen LogP contribution in [0, 0.1) is 0 Å². The molecule has 2 amide bonds. The smallest absolute Gasteiger partial charge is 0.312 e. The molecule has 174 valence electrons. The van der Waals surface area contributed by atoms with Crippen molar-refractivity contribution in [2.24, 2.45) is 16.0 Å². The van der Waals surface area contributed by atoms with E-state index >= 15 is 0 Å². The monoisotopic (exact) mass is 461 g/mol. The molecule has 0 unspecified atom stereocenters. The number of benzene rings is 2. The van der Waals surface area contributed by atoms with Crippen LogP contribution in [0.1, 0.15) is 16.8 Å². The zero-order valence-electron chi connectivity index (χ0n) is 18.1. The Morgan fingerprint density at radius 3 is 2.35 bits per heavy atom. The lowest BCUT2D eigenvalue weighted by Gasteiger charge is -2.08. The van der Waals surface area contributed by atoms with E-state index in [0.29, 0.717) is 11.3 Å². The standard InChI is InChI=1S/C23H23N7O4/c24-13-12-21(32)34-18-9-5-4-8-16(18)29-30-17-10-11-19(28-22(17)25)27-20(31)14-26-23(33)15-6-2-1-3-7-15/h1-11H,12-14,24H2,(H,26,33)(H3,25,27,28,31)/b30-29+. The first-order valence-corrected chi connectivity index (χ1v) is 10.3. The summed E-state index contributed by atoms with van der Waals surface area (Å²) >= 11 is 0. The molecule has 0 saturated carbocycles. The number of ether oxygens (including phenoxy) is 1. The van der Waals surface area contributed by atoms with Crippen LogP contribution in [0.5, 0.6) is 5.75 Å². The van der Waals surface area contributed by atoms with E-state index in [0.717, 1.165) is 0 Å².